The summed E-state index contributed by atoms with van der Waals surface area (Å²) in [6.07, 6.45) is 29.3. The lowest BCUT2D eigenvalue weighted by Gasteiger charge is -2.12. The number of aliphatic hydroxyl groups is 1. The number of aliphatic hydroxyl groups excluding tert-OH is 1. The second-order valence-corrected chi connectivity index (χ2v) is 12.6. The maximum Gasteiger partial charge on any atom is 0.128 e. The number of hydrogen-bond donors (Lipinski definition) is 1. The fourth-order valence-corrected chi connectivity index (χ4v) is 6.49. The molecule has 0 saturated carbocycles. The van der Waals surface area contributed by atoms with Crippen LogP contribution in [0, 0.1) is 0 Å². The Morgan fingerprint density at radius 1 is 0.500 bits per heavy atom. The number of fused-ring (bicyclic) bond motifs is 3. The molecule has 40 heavy (non-hydrogen) atoms. The molecule has 1 unspecified atom stereocenters. The van der Waals surface area contributed by atoms with Gasteiger partial charge in [0.05, 0.1) is 11.0 Å². The number of benzene rings is 2. The van der Waals surface area contributed by atoms with Crippen LogP contribution < -0.4 is 0 Å². The van der Waals surface area contributed by atoms with Gasteiger partial charge in [-0.2, -0.15) is 0 Å². The average Bonchev–Trinajstić information content (AvgIpc) is 3.28. The molecular formula is C38H61NO. The minimum absolute atomic E-state index is 0.528. The lowest BCUT2D eigenvalue weighted by Crippen LogP contribution is -2.03. The van der Waals surface area contributed by atoms with Crippen LogP contribution in [0.2, 0.25) is 0 Å². The van der Waals surface area contributed by atoms with Crippen molar-refractivity contribution in [2.75, 3.05) is 0 Å². The highest BCUT2D eigenvalue weighted by Crippen LogP contribution is 2.33. The van der Waals surface area contributed by atoms with Crippen molar-refractivity contribution in [2.24, 2.45) is 0 Å². The van der Waals surface area contributed by atoms with E-state index in [0.717, 1.165) is 12.8 Å². The summed E-state index contributed by atoms with van der Waals surface area (Å²) < 4.78 is 2.16. The molecule has 0 amide bonds. The highest BCUT2D eigenvalue weighted by atomic mass is 16.3. The summed E-state index contributed by atoms with van der Waals surface area (Å²) in [6, 6.07) is 13.9. The Bertz CT molecular complexity index is 997. The molecule has 1 N–H and O–H groups in total. The van der Waals surface area contributed by atoms with Gasteiger partial charge in [-0.05, 0) is 55.9 Å². The first-order valence-electron chi connectivity index (χ1n) is 17.4. The Labute approximate surface area is 246 Å². The SMILES string of the molecule is CCCCCCCCCCCCc1ccc2c3ccc(CCCCCCCCCCCC)cc3n(C(C)O)c2c1. The van der Waals surface area contributed by atoms with Crippen LogP contribution in [-0.2, 0) is 12.8 Å². The molecular weight excluding hydrogens is 486 g/mol. The zero-order valence-corrected chi connectivity index (χ0v) is 26.5. The van der Waals surface area contributed by atoms with Gasteiger partial charge in [-0.1, -0.05) is 154 Å². The van der Waals surface area contributed by atoms with Crippen molar-refractivity contribution in [3.05, 3.63) is 47.5 Å². The van der Waals surface area contributed by atoms with E-state index in [1.807, 2.05) is 6.92 Å². The van der Waals surface area contributed by atoms with Crippen molar-refractivity contribution in [1.82, 2.24) is 4.57 Å². The van der Waals surface area contributed by atoms with Crippen molar-refractivity contribution in [2.45, 2.75) is 168 Å². The number of unbranched alkanes of at least 4 members (excludes halogenated alkanes) is 18. The van der Waals surface area contributed by atoms with Gasteiger partial charge in [0.1, 0.15) is 6.23 Å². The van der Waals surface area contributed by atoms with Gasteiger partial charge in [0.15, 0.2) is 0 Å². The van der Waals surface area contributed by atoms with Gasteiger partial charge in [-0.3, -0.25) is 0 Å². The van der Waals surface area contributed by atoms with Crippen molar-refractivity contribution < 1.29 is 5.11 Å². The van der Waals surface area contributed by atoms with Crippen LogP contribution in [0.25, 0.3) is 21.8 Å². The van der Waals surface area contributed by atoms with E-state index in [0.29, 0.717) is 0 Å². The minimum Gasteiger partial charge on any atom is -0.374 e. The summed E-state index contributed by atoms with van der Waals surface area (Å²) in [7, 11) is 0. The number of nitrogens with zero attached hydrogens (tertiary/aromatic N) is 1. The van der Waals surface area contributed by atoms with Crippen LogP contribution in [0.5, 0.6) is 0 Å². The topological polar surface area (TPSA) is 25.2 Å². The Hall–Kier alpha value is -1.80. The van der Waals surface area contributed by atoms with E-state index in [1.54, 1.807) is 0 Å². The number of aryl methyl sites for hydroxylation is 2. The van der Waals surface area contributed by atoms with Crippen LogP contribution in [0.4, 0.5) is 0 Å². The van der Waals surface area contributed by atoms with Gasteiger partial charge >= 0.3 is 0 Å². The van der Waals surface area contributed by atoms with E-state index in [-0.39, 0.29) is 0 Å². The molecule has 2 heteroatoms. The van der Waals surface area contributed by atoms with Gasteiger partial charge in [-0.15, -0.1) is 0 Å². The molecule has 1 aromatic heterocycles. The second kappa shape index (κ2) is 19.3. The molecule has 0 radical (unpaired) electrons. The van der Waals surface area contributed by atoms with Gasteiger partial charge in [-0.25, -0.2) is 0 Å². The van der Waals surface area contributed by atoms with Gasteiger partial charge in [0.25, 0.3) is 0 Å². The quantitative estimate of drug-likeness (QED) is 0.117. The highest BCUT2D eigenvalue weighted by molar-refractivity contribution is 6.08. The molecule has 0 bridgehead atoms. The summed E-state index contributed by atoms with van der Waals surface area (Å²) in [5, 5.41) is 13.3. The molecule has 0 aliphatic heterocycles. The van der Waals surface area contributed by atoms with Crippen LogP contribution in [0.15, 0.2) is 36.4 Å². The van der Waals surface area contributed by atoms with Gasteiger partial charge in [0.2, 0.25) is 0 Å². The standard InChI is InChI=1S/C38H61NO/c1-4-6-8-10-12-14-16-18-20-22-24-33-26-28-35-36-29-27-34(31-38(36)39(32(3)40)37(35)30-33)25-23-21-19-17-15-13-11-9-7-5-2/h26-32,40H,4-25H2,1-3H3. The Kier molecular flexibility index (Phi) is 15.8. The second-order valence-electron chi connectivity index (χ2n) is 12.6. The third-order valence-corrected chi connectivity index (χ3v) is 8.95. The maximum absolute atomic E-state index is 10.8. The maximum atomic E-state index is 10.8. The molecule has 1 heterocycles. The lowest BCUT2D eigenvalue weighted by atomic mass is 10.0. The minimum atomic E-state index is -0.528. The first-order valence-corrected chi connectivity index (χ1v) is 17.4. The molecule has 0 aliphatic carbocycles. The molecule has 0 fully saturated rings. The molecule has 0 spiro atoms. The largest absolute Gasteiger partial charge is 0.374 e. The highest BCUT2D eigenvalue weighted by Gasteiger charge is 2.15. The van der Waals surface area contributed by atoms with E-state index in [4.69, 9.17) is 0 Å². The van der Waals surface area contributed by atoms with Crippen molar-refractivity contribution in [1.29, 1.82) is 0 Å². The molecule has 224 valence electrons. The Morgan fingerprint density at radius 3 is 1.15 bits per heavy atom. The van der Waals surface area contributed by atoms with Crippen molar-refractivity contribution >= 4 is 21.8 Å². The molecule has 3 rings (SSSR count). The number of aromatic nitrogens is 1. The summed E-state index contributed by atoms with van der Waals surface area (Å²) in [5.74, 6) is 0. The van der Waals surface area contributed by atoms with E-state index < -0.39 is 6.23 Å². The zero-order chi connectivity index (χ0) is 28.4. The molecule has 0 aliphatic rings. The summed E-state index contributed by atoms with van der Waals surface area (Å²) in [4.78, 5) is 0. The summed E-state index contributed by atoms with van der Waals surface area (Å²) >= 11 is 0. The Balaban J connectivity index is 1.48. The van der Waals surface area contributed by atoms with Crippen molar-refractivity contribution in [3.8, 4) is 0 Å². The van der Waals surface area contributed by atoms with Gasteiger partial charge < -0.3 is 9.67 Å². The molecule has 0 saturated heterocycles. The van der Waals surface area contributed by atoms with Crippen LogP contribution >= 0.6 is 0 Å². The third kappa shape index (κ3) is 10.9. The molecule has 1 atom stereocenters. The summed E-state index contributed by atoms with van der Waals surface area (Å²) in [5.41, 5.74) is 5.18. The first-order chi connectivity index (χ1) is 19.7. The van der Waals surface area contributed by atoms with E-state index in [1.165, 1.54) is 161 Å². The normalized spacial score (nSPS) is 12.6. The fraction of sp³-hybridized carbons (Fsp3) is 0.684. The van der Waals surface area contributed by atoms with Crippen LogP contribution in [0.1, 0.15) is 167 Å². The lowest BCUT2D eigenvalue weighted by molar-refractivity contribution is 0.134. The third-order valence-electron chi connectivity index (χ3n) is 8.95. The van der Waals surface area contributed by atoms with Crippen LogP contribution in [0.3, 0.4) is 0 Å². The predicted octanol–water partition coefficient (Wildman–Crippen LogP) is 12.2. The molecule has 2 nitrogen and oxygen atoms in total. The zero-order valence-electron chi connectivity index (χ0n) is 26.5. The monoisotopic (exact) mass is 547 g/mol. The number of rotatable bonds is 23. The smallest absolute Gasteiger partial charge is 0.128 e. The van der Waals surface area contributed by atoms with Crippen molar-refractivity contribution in [3.63, 3.8) is 0 Å². The predicted molar refractivity (Wildman–Crippen MR) is 177 cm³/mol. The Morgan fingerprint density at radius 2 is 0.825 bits per heavy atom. The fourth-order valence-electron chi connectivity index (χ4n) is 6.49. The van der Waals surface area contributed by atoms with Crippen LogP contribution in [-0.4, -0.2) is 9.67 Å². The summed E-state index contributed by atoms with van der Waals surface area (Å²) in [6.45, 7) is 6.48. The van der Waals surface area contributed by atoms with E-state index in [9.17, 15) is 5.11 Å². The first kappa shape index (κ1) is 32.7. The van der Waals surface area contributed by atoms with E-state index >= 15 is 0 Å². The molecule has 3 aromatic rings. The van der Waals surface area contributed by atoms with E-state index in [2.05, 4.69) is 54.8 Å². The molecule has 2 aromatic carbocycles. The average molecular weight is 548 g/mol. The van der Waals surface area contributed by atoms with Gasteiger partial charge in [0, 0.05) is 10.8 Å². The number of hydrogen-bond acceptors (Lipinski definition) is 1.